The molecule has 26 heavy (non-hydrogen) atoms. The maximum atomic E-state index is 12.7. The molecule has 2 unspecified atom stereocenters. The van der Waals surface area contributed by atoms with Gasteiger partial charge in [-0.05, 0) is 48.5 Å². The summed E-state index contributed by atoms with van der Waals surface area (Å²) in [6, 6.07) is -0.210. The van der Waals surface area contributed by atoms with E-state index in [9.17, 15) is 4.79 Å². The molecule has 1 saturated heterocycles. The second-order valence-corrected chi connectivity index (χ2v) is 7.83. The topological polar surface area (TPSA) is 84.4 Å². The van der Waals surface area contributed by atoms with Gasteiger partial charge in [-0.25, -0.2) is 4.79 Å². The summed E-state index contributed by atoms with van der Waals surface area (Å²) >= 11 is 0. The Labute approximate surface area is 157 Å². The number of carbonyl (C=O) groups excluding carboxylic acids is 1. The molecule has 0 saturated carbocycles. The van der Waals surface area contributed by atoms with Crippen LogP contribution in [-0.4, -0.2) is 73.8 Å². The zero-order chi connectivity index (χ0) is 20.0. The maximum Gasteiger partial charge on any atom is 0.412 e. The third-order valence-electron chi connectivity index (χ3n) is 3.90. The molecule has 1 aliphatic rings. The van der Waals surface area contributed by atoms with Crippen molar-refractivity contribution in [3.63, 3.8) is 0 Å². The molecular formula is C18H36N4O4. The normalized spacial score (nSPS) is 23.1. The second kappa shape index (κ2) is 9.41. The number of carbonyl (C=O) groups is 1. The van der Waals surface area contributed by atoms with Crippen LogP contribution in [0.5, 0.6) is 0 Å². The highest BCUT2D eigenvalue weighted by atomic mass is 16.6. The van der Waals surface area contributed by atoms with E-state index in [0.29, 0.717) is 25.7 Å². The Balaban J connectivity index is 2.91. The molecule has 2 atom stereocenters. The van der Waals surface area contributed by atoms with Gasteiger partial charge in [0.2, 0.25) is 0 Å². The molecule has 1 fully saturated rings. The quantitative estimate of drug-likeness (QED) is 0.421. The van der Waals surface area contributed by atoms with Gasteiger partial charge >= 0.3 is 6.09 Å². The van der Waals surface area contributed by atoms with Crippen LogP contribution in [0.4, 0.5) is 4.79 Å². The highest BCUT2D eigenvalue weighted by molar-refractivity contribution is 5.79. The van der Waals surface area contributed by atoms with E-state index < -0.39 is 11.3 Å². The number of hydrogen-bond donors (Lipinski definition) is 2. The van der Waals surface area contributed by atoms with Gasteiger partial charge in [-0.2, -0.15) is 0 Å². The lowest BCUT2D eigenvalue weighted by Crippen LogP contribution is -2.51. The molecule has 152 valence electrons. The average molecular weight is 373 g/mol. The summed E-state index contributed by atoms with van der Waals surface area (Å²) in [7, 11) is 1.66. The molecule has 1 amide bonds. The molecule has 8 heteroatoms. The van der Waals surface area contributed by atoms with Crippen LogP contribution in [0.15, 0.2) is 4.99 Å². The summed E-state index contributed by atoms with van der Waals surface area (Å²) in [6.07, 6.45) is -0.535. The minimum absolute atomic E-state index is 0.150. The molecule has 1 heterocycles. The Bertz CT molecular complexity index is 488. The first-order chi connectivity index (χ1) is 12.0. The van der Waals surface area contributed by atoms with Crippen LogP contribution in [0.1, 0.15) is 48.5 Å². The minimum Gasteiger partial charge on any atom is -0.444 e. The molecule has 0 radical (unpaired) electrons. The van der Waals surface area contributed by atoms with Crippen LogP contribution < -0.4 is 10.6 Å². The molecular weight excluding hydrogens is 336 g/mol. The van der Waals surface area contributed by atoms with Crippen molar-refractivity contribution in [3.8, 4) is 0 Å². The van der Waals surface area contributed by atoms with Gasteiger partial charge in [0.15, 0.2) is 5.96 Å². The fourth-order valence-corrected chi connectivity index (χ4v) is 2.89. The standard InChI is InChI=1S/C18H36N4O4/c1-9-19-15(20-10-11-24-8)21-12-14-13(2)25-18(6,7)22(14)16(23)26-17(3,4)5/h13-14H,9-12H2,1-8H3,(H2,19,20,21). The Kier molecular flexibility index (Phi) is 8.15. The van der Waals surface area contributed by atoms with Gasteiger partial charge in [-0.15, -0.1) is 0 Å². The Morgan fingerprint density at radius 1 is 1.31 bits per heavy atom. The van der Waals surface area contributed by atoms with E-state index in [4.69, 9.17) is 14.2 Å². The summed E-state index contributed by atoms with van der Waals surface area (Å²) in [5.74, 6) is 0.686. The predicted molar refractivity (Wildman–Crippen MR) is 102 cm³/mol. The third kappa shape index (κ3) is 6.64. The van der Waals surface area contributed by atoms with Crippen molar-refractivity contribution in [1.82, 2.24) is 15.5 Å². The zero-order valence-corrected chi connectivity index (χ0v) is 17.5. The third-order valence-corrected chi connectivity index (χ3v) is 3.90. The fraction of sp³-hybridized carbons (Fsp3) is 0.889. The maximum absolute atomic E-state index is 12.7. The van der Waals surface area contributed by atoms with Crippen molar-refractivity contribution in [2.45, 2.75) is 71.9 Å². The molecule has 1 rings (SSSR count). The lowest BCUT2D eigenvalue weighted by Gasteiger charge is -2.34. The monoisotopic (exact) mass is 372 g/mol. The summed E-state index contributed by atoms with van der Waals surface area (Å²) < 4.78 is 16.6. The van der Waals surface area contributed by atoms with Crippen molar-refractivity contribution >= 4 is 12.1 Å². The van der Waals surface area contributed by atoms with Gasteiger partial charge < -0.3 is 24.8 Å². The van der Waals surface area contributed by atoms with Crippen LogP contribution in [0.2, 0.25) is 0 Å². The number of rotatable bonds is 6. The van der Waals surface area contributed by atoms with Crippen LogP contribution in [0.3, 0.4) is 0 Å². The number of hydrogen-bond acceptors (Lipinski definition) is 5. The molecule has 0 aromatic heterocycles. The van der Waals surface area contributed by atoms with Gasteiger partial charge in [-0.1, -0.05) is 0 Å². The largest absolute Gasteiger partial charge is 0.444 e. The van der Waals surface area contributed by atoms with E-state index in [1.165, 1.54) is 0 Å². The van der Waals surface area contributed by atoms with E-state index >= 15 is 0 Å². The first kappa shape index (κ1) is 22.5. The summed E-state index contributed by atoms with van der Waals surface area (Å²) in [5.41, 5.74) is -1.31. The Morgan fingerprint density at radius 3 is 2.50 bits per heavy atom. The Morgan fingerprint density at radius 2 is 1.96 bits per heavy atom. The smallest absolute Gasteiger partial charge is 0.412 e. The second-order valence-electron chi connectivity index (χ2n) is 7.83. The SMILES string of the molecule is CCNC(=NCC1C(C)OC(C)(C)N1C(=O)OC(C)(C)C)NCCOC. The number of methoxy groups -OCH3 is 1. The Hall–Kier alpha value is -1.54. The zero-order valence-electron chi connectivity index (χ0n) is 17.5. The van der Waals surface area contributed by atoms with Gasteiger partial charge in [0, 0.05) is 20.2 Å². The van der Waals surface area contributed by atoms with Gasteiger partial charge in [0.25, 0.3) is 0 Å². The molecule has 8 nitrogen and oxygen atoms in total. The van der Waals surface area contributed by atoms with Crippen molar-refractivity contribution < 1.29 is 19.0 Å². The first-order valence-corrected chi connectivity index (χ1v) is 9.23. The molecule has 2 N–H and O–H groups in total. The van der Waals surface area contributed by atoms with Crippen molar-refractivity contribution in [3.05, 3.63) is 0 Å². The van der Waals surface area contributed by atoms with E-state index in [0.717, 1.165) is 6.54 Å². The van der Waals surface area contributed by atoms with E-state index in [2.05, 4.69) is 15.6 Å². The highest BCUT2D eigenvalue weighted by Crippen LogP contribution is 2.33. The molecule has 0 aromatic rings. The number of nitrogens with zero attached hydrogens (tertiary/aromatic N) is 2. The van der Waals surface area contributed by atoms with Gasteiger partial charge in [0.1, 0.15) is 11.3 Å². The minimum atomic E-state index is -0.746. The van der Waals surface area contributed by atoms with E-state index in [1.54, 1.807) is 12.0 Å². The van der Waals surface area contributed by atoms with Crippen LogP contribution >= 0.6 is 0 Å². The molecule has 0 bridgehead atoms. The predicted octanol–water partition coefficient (Wildman–Crippen LogP) is 1.95. The summed E-state index contributed by atoms with van der Waals surface area (Å²) in [4.78, 5) is 19.0. The number of guanidine groups is 1. The highest BCUT2D eigenvalue weighted by Gasteiger charge is 2.49. The molecule has 0 spiro atoms. The lowest BCUT2D eigenvalue weighted by atomic mass is 10.1. The number of nitrogens with one attached hydrogen (secondary N) is 2. The van der Waals surface area contributed by atoms with Gasteiger partial charge in [0.05, 0.1) is 25.3 Å². The lowest BCUT2D eigenvalue weighted by molar-refractivity contribution is -0.0755. The summed E-state index contributed by atoms with van der Waals surface area (Å²) in [5, 5.41) is 6.39. The molecule has 1 aliphatic heterocycles. The number of ether oxygens (including phenoxy) is 3. The van der Waals surface area contributed by atoms with Crippen LogP contribution in [-0.2, 0) is 14.2 Å². The van der Waals surface area contributed by atoms with E-state index in [1.807, 2.05) is 48.5 Å². The molecule has 0 aliphatic carbocycles. The van der Waals surface area contributed by atoms with E-state index in [-0.39, 0.29) is 18.2 Å². The van der Waals surface area contributed by atoms with Crippen LogP contribution in [0, 0.1) is 0 Å². The van der Waals surface area contributed by atoms with Crippen LogP contribution in [0.25, 0.3) is 0 Å². The average Bonchev–Trinajstić information content (AvgIpc) is 2.71. The number of aliphatic imine (C=N–C) groups is 1. The summed E-state index contributed by atoms with van der Waals surface area (Å²) in [6.45, 7) is 15.7. The molecule has 0 aromatic carbocycles. The number of amides is 1. The van der Waals surface area contributed by atoms with Crippen molar-refractivity contribution in [1.29, 1.82) is 0 Å². The fourth-order valence-electron chi connectivity index (χ4n) is 2.89. The first-order valence-electron chi connectivity index (χ1n) is 9.23. The van der Waals surface area contributed by atoms with Gasteiger partial charge in [-0.3, -0.25) is 9.89 Å². The van der Waals surface area contributed by atoms with Crippen molar-refractivity contribution in [2.24, 2.45) is 4.99 Å². The van der Waals surface area contributed by atoms with Crippen molar-refractivity contribution in [2.75, 3.05) is 33.4 Å².